The average molecular weight is 258 g/mol. The second-order valence-corrected chi connectivity index (χ2v) is 5.03. The third kappa shape index (κ3) is 2.94. The third-order valence-corrected chi connectivity index (χ3v) is 3.47. The minimum absolute atomic E-state index is 0.0406. The molecule has 0 saturated carbocycles. The van der Waals surface area contributed by atoms with Crippen LogP contribution in [0.4, 0.5) is 0 Å². The van der Waals surface area contributed by atoms with E-state index in [0.717, 1.165) is 12.8 Å². The van der Waals surface area contributed by atoms with Crippen LogP contribution in [0.1, 0.15) is 19.8 Å². The Bertz CT molecular complexity index is 324. The lowest BCUT2D eigenvalue weighted by atomic mass is 10.1. The van der Waals surface area contributed by atoms with Crippen LogP contribution in [0, 0.1) is 0 Å². The van der Waals surface area contributed by atoms with Gasteiger partial charge in [0.2, 0.25) is 0 Å². The van der Waals surface area contributed by atoms with Crippen LogP contribution < -0.4 is 5.73 Å². The molecule has 17 heavy (non-hydrogen) atoms. The van der Waals surface area contributed by atoms with E-state index in [1.54, 1.807) is 4.90 Å². The molecule has 2 heterocycles. The third-order valence-electron chi connectivity index (χ3n) is 3.20. The molecule has 0 aromatic carbocycles. The van der Waals surface area contributed by atoms with Crippen molar-refractivity contribution in [2.24, 2.45) is 5.73 Å². The maximum absolute atomic E-state index is 12.2. The molecule has 2 aliphatic rings. The fraction of sp³-hybridized carbons (Fsp3) is 0.818. The lowest BCUT2D eigenvalue weighted by Gasteiger charge is -2.33. The monoisotopic (exact) mass is 258 g/mol. The molecule has 0 spiro atoms. The van der Waals surface area contributed by atoms with E-state index in [9.17, 15) is 4.79 Å². The molecule has 0 aromatic heterocycles. The molecule has 96 valence electrons. The van der Waals surface area contributed by atoms with Crippen LogP contribution in [0.25, 0.3) is 0 Å². The highest BCUT2D eigenvalue weighted by atomic mass is 32.1. The van der Waals surface area contributed by atoms with E-state index in [2.05, 4.69) is 0 Å². The van der Waals surface area contributed by atoms with Gasteiger partial charge in [-0.2, -0.15) is 0 Å². The Kier molecular flexibility index (Phi) is 3.96. The van der Waals surface area contributed by atoms with Crippen molar-refractivity contribution in [3.05, 3.63) is 0 Å². The summed E-state index contributed by atoms with van der Waals surface area (Å²) in [5, 5.41) is 0. The van der Waals surface area contributed by atoms with Crippen LogP contribution in [0.5, 0.6) is 0 Å². The predicted molar refractivity (Wildman–Crippen MR) is 66.7 cm³/mol. The number of morpholine rings is 1. The van der Waals surface area contributed by atoms with Crippen molar-refractivity contribution in [1.82, 2.24) is 4.90 Å². The first kappa shape index (κ1) is 12.7. The van der Waals surface area contributed by atoms with E-state index >= 15 is 0 Å². The van der Waals surface area contributed by atoms with Gasteiger partial charge in [-0.3, -0.25) is 4.79 Å². The van der Waals surface area contributed by atoms with Crippen molar-refractivity contribution in [2.75, 3.05) is 19.7 Å². The number of amides is 1. The number of hydrogen-bond donors (Lipinski definition) is 1. The van der Waals surface area contributed by atoms with Gasteiger partial charge in [0.25, 0.3) is 5.91 Å². The zero-order valence-electron chi connectivity index (χ0n) is 9.93. The highest BCUT2D eigenvalue weighted by Gasteiger charge is 2.34. The van der Waals surface area contributed by atoms with E-state index < -0.39 is 0 Å². The summed E-state index contributed by atoms with van der Waals surface area (Å²) in [6.07, 6.45) is 1.31. The first-order valence-corrected chi connectivity index (χ1v) is 6.34. The highest BCUT2D eigenvalue weighted by molar-refractivity contribution is 7.80. The van der Waals surface area contributed by atoms with Crippen molar-refractivity contribution in [3.8, 4) is 0 Å². The summed E-state index contributed by atoms with van der Waals surface area (Å²) < 4.78 is 11.0. The molecule has 0 bridgehead atoms. The largest absolute Gasteiger partial charge is 0.391 e. The minimum atomic E-state index is -0.318. The van der Waals surface area contributed by atoms with Crippen LogP contribution in [0.2, 0.25) is 0 Å². The molecule has 2 fully saturated rings. The first-order chi connectivity index (χ1) is 8.08. The van der Waals surface area contributed by atoms with E-state index in [1.165, 1.54) is 0 Å². The van der Waals surface area contributed by atoms with Crippen LogP contribution in [-0.2, 0) is 14.3 Å². The van der Waals surface area contributed by atoms with Crippen LogP contribution in [-0.4, -0.2) is 53.8 Å². The zero-order valence-corrected chi connectivity index (χ0v) is 10.7. The Labute approximate surface area is 106 Å². The summed E-state index contributed by atoms with van der Waals surface area (Å²) in [6.45, 7) is 3.51. The van der Waals surface area contributed by atoms with Gasteiger partial charge in [-0.15, -0.1) is 0 Å². The second kappa shape index (κ2) is 5.29. The molecule has 2 N–H and O–H groups in total. The zero-order chi connectivity index (χ0) is 12.4. The molecule has 2 rings (SSSR count). The summed E-state index contributed by atoms with van der Waals surface area (Å²) in [7, 11) is 0. The minimum Gasteiger partial charge on any atom is -0.391 e. The van der Waals surface area contributed by atoms with Gasteiger partial charge < -0.3 is 20.1 Å². The maximum Gasteiger partial charge on any atom is 0.251 e. The van der Waals surface area contributed by atoms with E-state index in [0.29, 0.717) is 24.7 Å². The van der Waals surface area contributed by atoms with Gasteiger partial charge in [-0.05, 0) is 19.8 Å². The summed E-state index contributed by atoms with van der Waals surface area (Å²) in [6, 6.07) is 0. The normalized spacial score (nSPS) is 33.7. The van der Waals surface area contributed by atoms with Crippen molar-refractivity contribution in [3.63, 3.8) is 0 Å². The molecular formula is C11H18N2O3S. The van der Waals surface area contributed by atoms with Crippen molar-refractivity contribution in [2.45, 2.75) is 38.1 Å². The number of rotatable bonds is 2. The molecule has 5 nitrogen and oxygen atoms in total. The molecule has 0 radical (unpaired) electrons. The molecule has 2 saturated heterocycles. The lowest BCUT2D eigenvalue weighted by molar-refractivity contribution is -0.147. The number of hydrogen-bond acceptors (Lipinski definition) is 4. The number of nitrogens with two attached hydrogens (primary N) is 1. The van der Waals surface area contributed by atoms with Gasteiger partial charge in [-0.25, -0.2) is 0 Å². The Morgan fingerprint density at radius 2 is 2.18 bits per heavy atom. The number of ether oxygens (including phenoxy) is 2. The average Bonchev–Trinajstić information content (AvgIpc) is 2.75. The Morgan fingerprint density at radius 1 is 1.41 bits per heavy atom. The smallest absolute Gasteiger partial charge is 0.251 e. The predicted octanol–water partition coefficient (Wildman–Crippen LogP) is 0.0674. The number of thiocarbonyl (C=S) groups is 1. The van der Waals surface area contributed by atoms with Gasteiger partial charge in [0.15, 0.2) is 0 Å². The molecule has 0 aliphatic carbocycles. The van der Waals surface area contributed by atoms with Crippen LogP contribution >= 0.6 is 12.2 Å². The summed E-state index contributed by atoms with van der Waals surface area (Å²) in [5.74, 6) is 0.0406. The van der Waals surface area contributed by atoms with E-state index in [1.807, 2.05) is 6.92 Å². The molecular weight excluding hydrogens is 240 g/mol. The summed E-state index contributed by atoms with van der Waals surface area (Å²) >= 11 is 4.89. The van der Waals surface area contributed by atoms with Crippen molar-refractivity contribution < 1.29 is 14.3 Å². The quantitative estimate of drug-likeness (QED) is 0.710. The molecule has 2 aliphatic heterocycles. The first-order valence-electron chi connectivity index (χ1n) is 5.93. The summed E-state index contributed by atoms with van der Waals surface area (Å²) in [4.78, 5) is 14.2. The maximum atomic E-state index is 12.2. The fourth-order valence-electron chi connectivity index (χ4n) is 2.21. The van der Waals surface area contributed by atoms with Crippen molar-refractivity contribution >= 4 is 23.1 Å². The van der Waals surface area contributed by atoms with Gasteiger partial charge in [0.05, 0.1) is 19.3 Å². The molecule has 6 heteroatoms. The molecule has 3 atom stereocenters. The topological polar surface area (TPSA) is 64.8 Å². The van der Waals surface area contributed by atoms with Crippen molar-refractivity contribution in [1.29, 1.82) is 0 Å². The fourth-order valence-corrected chi connectivity index (χ4v) is 2.35. The number of carbonyl (C=O) groups is 1. The van der Waals surface area contributed by atoms with Gasteiger partial charge >= 0.3 is 0 Å². The second-order valence-electron chi connectivity index (χ2n) is 4.56. The molecule has 3 unspecified atom stereocenters. The van der Waals surface area contributed by atoms with Gasteiger partial charge in [-0.1, -0.05) is 12.2 Å². The Hall–Kier alpha value is -0.720. The lowest BCUT2D eigenvalue weighted by Crippen LogP contribution is -2.52. The summed E-state index contributed by atoms with van der Waals surface area (Å²) in [5.41, 5.74) is 5.54. The van der Waals surface area contributed by atoms with E-state index in [-0.39, 0.29) is 24.2 Å². The van der Waals surface area contributed by atoms with E-state index in [4.69, 9.17) is 27.4 Å². The van der Waals surface area contributed by atoms with Crippen LogP contribution in [0.15, 0.2) is 0 Å². The Balaban J connectivity index is 1.93. The SMILES string of the molecule is CC1CCC(C(=O)N2CCOC(C(N)=S)C2)O1. The standard InChI is InChI=1S/C11H18N2O3S/c1-7-2-3-8(16-7)11(14)13-4-5-15-9(6-13)10(12)17/h7-9H,2-6H2,1H3,(H2,12,17). The molecule has 0 aromatic rings. The van der Waals surface area contributed by atoms with Gasteiger partial charge in [0.1, 0.15) is 17.2 Å². The highest BCUT2D eigenvalue weighted by Crippen LogP contribution is 2.21. The number of nitrogens with zero attached hydrogens (tertiary/aromatic N) is 1. The number of carbonyl (C=O) groups excluding carboxylic acids is 1. The Morgan fingerprint density at radius 3 is 2.76 bits per heavy atom. The van der Waals surface area contributed by atoms with Crippen LogP contribution in [0.3, 0.4) is 0 Å². The van der Waals surface area contributed by atoms with Gasteiger partial charge in [0, 0.05) is 6.54 Å². The molecule has 1 amide bonds.